The minimum absolute atomic E-state index is 0.185. The van der Waals surface area contributed by atoms with Crippen LogP contribution in [0.25, 0.3) is 11.0 Å². The van der Waals surface area contributed by atoms with E-state index in [1.807, 2.05) is 12.1 Å². The van der Waals surface area contributed by atoms with Crippen LogP contribution in [0.1, 0.15) is 19.3 Å². The van der Waals surface area contributed by atoms with Gasteiger partial charge in [-0.05, 0) is 31.4 Å². The van der Waals surface area contributed by atoms with Crippen molar-refractivity contribution in [1.82, 2.24) is 9.97 Å². The molecule has 3 rings (SSSR count). The number of nitrogens with zero attached hydrogens (tertiary/aromatic N) is 1. The molecule has 0 aliphatic carbocycles. The lowest BCUT2D eigenvalue weighted by Crippen LogP contribution is -2.30. The van der Waals surface area contributed by atoms with Gasteiger partial charge in [-0.1, -0.05) is 0 Å². The number of aromatic nitrogens is 2. The second kappa shape index (κ2) is 3.84. The maximum absolute atomic E-state index is 11.2. The van der Waals surface area contributed by atoms with E-state index in [4.69, 9.17) is 5.73 Å². The van der Waals surface area contributed by atoms with Crippen molar-refractivity contribution in [2.75, 3.05) is 23.7 Å². The van der Waals surface area contributed by atoms with Crippen LogP contribution in [-0.4, -0.2) is 23.1 Å². The normalized spacial score (nSPS) is 16.6. The molecule has 1 saturated heterocycles. The number of piperidine rings is 1. The molecule has 0 radical (unpaired) electrons. The highest BCUT2D eigenvalue weighted by Crippen LogP contribution is 2.29. The molecule has 1 aliphatic heterocycles. The van der Waals surface area contributed by atoms with Gasteiger partial charge < -0.3 is 20.6 Å². The fourth-order valence-electron chi connectivity index (χ4n) is 2.50. The average molecular weight is 232 g/mol. The zero-order valence-corrected chi connectivity index (χ0v) is 9.62. The number of nitrogens with one attached hydrogen (secondary N) is 2. The summed E-state index contributed by atoms with van der Waals surface area (Å²) in [7, 11) is 0. The summed E-state index contributed by atoms with van der Waals surface area (Å²) in [6.07, 6.45) is 3.71. The van der Waals surface area contributed by atoms with E-state index in [1.165, 1.54) is 19.3 Å². The third-order valence-corrected chi connectivity index (χ3v) is 3.36. The molecular weight excluding hydrogens is 216 g/mol. The number of imidazole rings is 1. The van der Waals surface area contributed by atoms with E-state index >= 15 is 0 Å². The highest BCUT2D eigenvalue weighted by Gasteiger charge is 2.14. The number of nitrogen functional groups attached to an aromatic ring is 1. The molecule has 4 N–H and O–H groups in total. The number of hydrogen-bond acceptors (Lipinski definition) is 3. The van der Waals surface area contributed by atoms with Gasteiger partial charge in [0.05, 0.1) is 22.4 Å². The Kier molecular flexibility index (Phi) is 2.31. The summed E-state index contributed by atoms with van der Waals surface area (Å²) in [5, 5.41) is 0. The fraction of sp³-hybridized carbons (Fsp3) is 0.417. The molecule has 0 atom stereocenters. The molecule has 2 aromatic rings. The Morgan fingerprint density at radius 2 is 1.71 bits per heavy atom. The van der Waals surface area contributed by atoms with Gasteiger partial charge in [-0.15, -0.1) is 0 Å². The van der Waals surface area contributed by atoms with E-state index in [-0.39, 0.29) is 5.69 Å². The quantitative estimate of drug-likeness (QED) is 0.651. The molecule has 1 fully saturated rings. The Morgan fingerprint density at radius 3 is 2.41 bits per heavy atom. The van der Waals surface area contributed by atoms with Crippen LogP contribution < -0.4 is 16.3 Å². The van der Waals surface area contributed by atoms with Gasteiger partial charge in [-0.3, -0.25) is 0 Å². The van der Waals surface area contributed by atoms with Crippen LogP contribution in [-0.2, 0) is 0 Å². The molecule has 1 aromatic carbocycles. The lowest BCUT2D eigenvalue weighted by Gasteiger charge is -2.29. The number of fused-ring (bicyclic) bond motifs is 1. The first-order chi connectivity index (χ1) is 8.24. The number of anilines is 2. The highest BCUT2D eigenvalue weighted by atomic mass is 16.1. The largest absolute Gasteiger partial charge is 0.397 e. The Hall–Kier alpha value is -1.91. The second-order valence-electron chi connectivity index (χ2n) is 4.58. The summed E-state index contributed by atoms with van der Waals surface area (Å²) in [4.78, 5) is 19.0. The van der Waals surface area contributed by atoms with E-state index in [1.54, 1.807) is 0 Å². The first-order valence-corrected chi connectivity index (χ1v) is 6.00. The fourth-order valence-corrected chi connectivity index (χ4v) is 2.50. The zero-order valence-electron chi connectivity index (χ0n) is 9.62. The van der Waals surface area contributed by atoms with Crippen LogP contribution >= 0.6 is 0 Å². The zero-order chi connectivity index (χ0) is 11.8. The molecule has 17 heavy (non-hydrogen) atoms. The molecule has 2 heterocycles. The van der Waals surface area contributed by atoms with E-state index in [9.17, 15) is 4.79 Å². The number of hydrogen-bond donors (Lipinski definition) is 3. The Balaban J connectivity index is 2.08. The summed E-state index contributed by atoms with van der Waals surface area (Å²) in [5.74, 6) is 0. The van der Waals surface area contributed by atoms with E-state index < -0.39 is 0 Å². The minimum atomic E-state index is -0.185. The topological polar surface area (TPSA) is 77.9 Å². The molecule has 0 bridgehead atoms. The summed E-state index contributed by atoms with van der Waals surface area (Å²) >= 11 is 0. The van der Waals surface area contributed by atoms with Crippen molar-refractivity contribution < 1.29 is 0 Å². The van der Waals surface area contributed by atoms with Crippen LogP contribution in [0, 0.1) is 0 Å². The predicted molar refractivity (Wildman–Crippen MR) is 69.4 cm³/mol. The Bertz CT molecular complexity index is 592. The maximum atomic E-state index is 11.2. The number of H-pyrrole nitrogens is 2. The first-order valence-electron chi connectivity index (χ1n) is 6.00. The van der Waals surface area contributed by atoms with Crippen molar-refractivity contribution in [2.24, 2.45) is 0 Å². The van der Waals surface area contributed by atoms with Crippen LogP contribution in [0.5, 0.6) is 0 Å². The number of benzene rings is 1. The van der Waals surface area contributed by atoms with Crippen LogP contribution in [0.3, 0.4) is 0 Å². The SMILES string of the molecule is Nc1cc2[nH]c(=O)[nH]c2cc1N1CCCCC1. The van der Waals surface area contributed by atoms with Crippen molar-refractivity contribution >= 4 is 22.4 Å². The summed E-state index contributed by atoms with van der Waals surface area (Å²) < 4.78 is 0. The van der Waals surface area contributed by atoms with Gasteiger partial charge in [0.15, 0.2) is 0 Å². The van der Waals surface area contributed by atoms with Crippen molar-refractivity contribution in [3.05, 3.63) is 22.6 Å². The van der Waals surface area contributed by atoms with Crippen LogP contribution in [0.15, 0.2) is 16.9 Å². The maximum Gasteiger partial charge on any atom is 0.323 e. The molecule has 5 heteroatoms. The van der Waals surface area contributed by atoms with E-state index in [0.717, 1.165) is 35.5 Å². The smallest absolute Gasteiger partial charge is 0.323 e. The number of aromatic amines is 2. The summed E-state index contributed by atoms with van der Waals surface area (Å²) in [6.45, 7) is 2.09. The predicted octanol–water partition coefficient (Wildman–Crippen LogP) is 1.43. The van der Waals surface area contributed by atoms with Gasteiger partial charge in [-0.2, -0.15) is 0 Å². The molecule has 1 aliphatic rings. The molecule has 0 saturated carbocycles. The summed E-state index contributed by atoms with van der Waals surface area (Å²) in [5.41, 5.74) is 9.23. The van der Waals surface area contributed by atoms with Crippen molar-refractivity contribution in [1.29, 1.82) is 0 Å². The van der Waals surface area contributed by atoms with Crippen molar-refractivity contribution in [3.8, 4) is 0 Å². The molecule has 0 amide bonds. The van der Waals surface area contributed by atoms with E-state index in [2.05, 4.69) is 14.9 Å². The van der Waals surface area contributed by atoms with Gasteiger partial charge in [0, 0.05) is 13.1 Å². The monoisotopic (exact) mass is 232 g/mol. The van der Waals surface area contributed by atoms with Gasteiger partial charge in [0.25, 0.3) is 0 Å². The lowest BCUT2D eigenvalue weighted by molar-refractivity contribution is 0.578. The Labute approximate surface area is 98.6 Å². The molecular formula is C12H16N4O. The standard InChI is InChI=1S/C12H16N4O/c13-8-6-9-10(15-12(17)14-9)7-11(8)16-4-2-1-3-5-16/h6-7H,1-5,13H2,(H2,14,15,17). The molecule has 1 aromatic heterocycles. The molecule has 0 unspecified atom stereocenters. The first kappa shape index (κ1) is 10.3. The minimum Gasteiger partial charge on any atom is -0.397 e. The number of rotatable bonds is 1. The number of nitrogens with two attached hydrogens (primary N) is 1. The van der Waals surface area contributed by atoms with Gasteiger partial charge >= 0.3 is 5.69 Å². The molecule has 5 nitrogen and oxygen atoms in total. The van der Waals surface area contributed by atoms with Crippen LogP contribution in [0.2, 0.25) is 0 Å². The van der Waals surface area contributed by atoms with Gasteiger partial charge in [0.2, 0.25) is 0 Å². The van der Waals surface area contributed by atoms with E-state index in [0.29, 0.717) is 0 Å². The average Bonchev–Trinajstić information content (AvgIpc) is 2.68. The second-order valence-corrected chi connectivity index (χ2v) is 4.58. The molecule has 0 spiro atoms. The van der Waals surface area contributed by atoms with Crippen molar-refractivity contribution in [2.45, 2.75) is 19.3 Å². The van der Waals surface area contributed by atoms with Crippen molar-refractivity contribution in [3.63, 3.8) is 0 Å². The highest BCUT2D eigenvalue weighted by molar-refractivity contribution is 5.86. The third kappa shape index (κ3) is 1.77. The van der Waals surface area contributed by atoms with Gasteiger partial charge in [-0.25, -0.2) is 4.79 Å². The third-order valence-electron chi connectivity index (χ3n) is 3.36. The summed E-state index contributed by atoms with van der Waals surface area (Å²) in [6, 6.07) is 3.80. The Morgan fingerprint density at radius 1 is 1.06 bits per heavy atom. The van der Waals surface area contributed by atoms with Crippen LogP contribution in [0.4, 0.5) is 11.4 Å². The van der Waals surface area contributed by atoms with Gasteiger partial charge in [0.1, 0.15) is 0 Å². The lowest BCUT2D eigenvalue weighted by atomic mass is 10.1. The molecule has 90 valence electrons.